The molecule has 0 bridgehead atoms. The molecule has 4 heteroatoms. The average molecular weight is 293 g/mol. The molecule has 1 fully saturated rings. The summed E-state index contributed by atoms with van der Waals surface area (Å²) >= 11 is 2.03. The first kappa shape index (κ1) is 14.1. The number of rotatable bonds is 5. The van der Waals surface area contributed by atoms with Crippen LogP contribution in [0.3, 0.4) is 0 Å². The Morgan fingerprint density at radius 3 is 2.65 bits per heavy atom. The molecule has 20 heavy (non-hydrogen) atoms. The van der Waals surface area contributed by atoms with Crippen LogP contribution in [-0.4, -0.2) is 30.8 Å². The molecule has 0 unspecified atom stereocenters. The molecule has 1 aromatic rings. The first-order valence-corrected chi connectivity index (χ1v) is 8.68. The Kier molecular flexibility index (Phi) is 4.41. The van der Waals surface area contributed by atoms with Crippen LogP contribution in [0.25, 0.3) is 0 Å². The van der Waals surface area contributed by atoms with E-state index in [0.29, 0.717) is 18.0 Å². The molecule has 0 spiro atoms. The van der Waals surface area contributed by atoms with E-state index in [4.69, 9.17) is 9.47 Å². The Morgan fingerprint density at radius 2 is 1.90 bits per heavy atom. The fraction of sp³-hybridized carbons (Fsp3) is 0.625. The third-order valence-electron chi connectivity index (χ3n) is 4.33. The SMILES string of the molecule is CSC1(CNCc2ccc3c(c2)OCCO3)CCCC1. The Labute approximate surface area is 125 Å². The number of hydrogen-bond donors (Lipinski definition) is 1. The molecule has 2 aliphatic rings. The minimum Gasteiger partial charge on any atom is -0.486 e. The van der Waals surface area contributed by atoms with Gasteiger partial charge >= 0.3 is 0 Å². The molecule has 3 rings (SSSR count). The maximum atomic E-state index is 5.63. The van der Waals surface area contributed by atoms with Gasteiger partial charge in [0.25, 0.3) is 0 Å². The summed E-state index contributed by atoms with van der Waals surface area (Å²) in [6, 6.07) is 6.24. The van der Waals surface area contributed by atoms with E-state index < -0.39 is 0 Å². The van der Waals surface area contributed by atoms with E-state index in [-0.39, 0.29) is 0 Å². The maximum absolute atomic E-state index is 5.63. The molecule has 1 aliphatic carbocycles. The second-order valence-corrected chi connectivity index (χ2v) is 6.95. The highest BCUT2D eigenvalue weighted by molar-refractivity contribution is 8.00. The summed E-state index contributed by atoms with van der Waals surface area (Å²) in [5.74, 6) is 1.76. The molecule has 0 aromatic heterocycles. The molecular weight excluding hydrogens is 270 g/mol. The zero-order chi connectivity index (χ0) is 13.8. The van der Waals surface area contributed by atoms with E-state index in [0.717, 1.165) is 24.6 Å². The summed E-state index contributed by atoms with van der Waals surface area (Å²) in [7, 11) is 0. The molecule has 0 amide bonds. The van der Waals surface area contributed by atoms with Crippen molar-refractivity contribution in [2.45, 2.75) is 37.0 Å². The minimum absolute atomic E-state index is 0.466. The normalized spacial score (nSPS) is 20.1. The smallest absolute Gasteiger partial charge is 0.161 e. The van der Waals surface area contributed by atoms with Gasteiger partial charge in [0.15, 0.2) is 11.5 Å². The standard InChI is InChI=1S/C16H23NO2S/c1-20-16(6-2-3-7-16)12-17-11-13-4-5-14-15(10-13)19-9-8-18-14/h4-5,10,17H,2-3,6-9,11-12H2,1H3. The van der Waals surface area contributed by atoms with Crippen LogP contribution in [0.5, 0.6) is 11.5 Å². The van der Waals surface area contributed by atoms with E-state index in [1.807, 2.05) is 17.8 Å². The minimum atomic E-state index is 0.466. The summed E-state index contributed by atoms with van der Waals surface area (Å²) in [6.45, 7) is 3.31. The summed E-state index contributed by atoms with van der Waals surface area (Å²) in [4.78, 5) is 0. The number of benzene rings is 1. The fourth-order valence-electron chi connectivity index (χ4n) is 3.10. The molecule has 0 saturated heterocycles. The van der Waals surface area contributed by atoms with Gasteiger partial charge in [0.1, 0.15) is 13.2 Å². The van der Waals surface area contributed by atoms with Crippen molar-refractivity contribution in [2.24, 2.45) is 0 Å². The molecule has 0 atom stereocenters. The van der Waals surface area contributed by atoms with Crippen molar-refractivity contribution in [1.29, 1.82) is 0 Å². The molecule has 1 N–H and O–H groups in total. The van der Waals surface area contributed by atoms with Crippen LogP contribution in [-0.2, 0) is 6.54 Å². The molecule has 3 nitrogen and oxygen atoms in total. The van der Waals surface area contributed by atoms with Crippen molar-refractivity contribution in [1.82, 2.24) is 5.32 Å². The predicted molar refractivity (Wildman–Crippen MR) is 83.9 cm³/mol. The van der Waals surface area contributed by atoms with Crippen LogP contribution in [0.1, 0.15) is 31.2 Å². The Balaban J connectivity index is 1.56. The first-order chi connectivity index (χ1) is 9.81. The molecule has 1 aromatic carbocycles. The lowest BCUT2D eigenvalue weighted by Crippen LogP contribution is -2.34. The summed E-state index contributed by atoms with van der Waals surface area (Å²) in [5, 5.41) is 3.62. The van der Waals surface area contributed by atoms with Gasteiger partial charge in [0.05, 0.1) is 0 Å². The molecule has 1 aliphatic heterocycles. The van der Waals surface area contributed by atoms with Gasteiger partial charge in [0, 0.05) is 17.8 Å². The lowest BCUT2D eigenvalue weighted by atomic mass is 10.1. The van der Waals surface area contributed by atoms with Crippen LogP contribution in [0.4, 0.5) is 0 Å². The highest BCUT2D eigenvalue weighted by atomic mass is 32.2. The van der Waals surface area contributed by atoms with Gasteiger partial charge in [-0.25, -0.2) is 0 Å². The highest BCUT2D eigenvalue weighted by Gasteiger charge is 2.32. The zero-order valence-electron chi connectivity index (χ0n) is 12.1. The Morgan fingerprint density at radius 1 is 1.15 bits per heavy atom. The van der Waals surface area contributed by atoms with Crippen molar-refractivity contribution in [3.8, 4) is 11.5 Å². The predicted octanol–water partition coefficient (Wildman–Crippen LogP) is 3.22. The first-order valence-electron chi connectivity index (χ1n) is 7.46. The molecule has 1 saturated carbocycles. The van der Waals surface area contributed by atoms with Gasteiger partial charge in [-0.15, -0.1) is 0 Å². The van der Waals surface area contributed by atoms with Gasteiger partial charge in [-0.1, -0.05) is 18.9 Å². The van der Waals surface area contributed by atoms with E-state index in [1.165, 1.54) is 31.2 Å². The number of fused-ring (bicyclic) bond motifs is 1. The van der Waals surface area contributed by atoms with Gasteiger partial charge < -0.3 is 14.8 Å². The highest BCUT2D eigenvalue weighted by Crippen LogP contribution is 2.39. The third kappa shape index (κ3) is 3.07. The van der Waals surface area contributed by atoms with Crippen LogP contribution in [0.2, 0.25) is 0 Å². The van der Waals surface area contributed by atoms with Crippen LogP contribution >= 0.6 is 11.8 Å². The zero-order valence-corrected chi connectivity index (χ0v) is 12.9. The number of nitrogens with one attached hydrogen (secondary N) is 1. The van der Waals surface area contributed by atoms with Crippen molar-refractivity contribution in [3.63, 3.8) is 0 Å². The second kappa shape index (κ2) is 6.27. The molecule has 0 radical (unpaired) electrons. The van der Waals surface area contributed by atoms with Gasteiger partial charge in [-0.2, -0.15) is 11.8 Å². The van der Waals surface area contributed by atoms with Crippen molar-refractivity contribution < 1.29 is 9.47 Å². The molecule has 1 heterocycles. The van der Waals surface area contributed by atoms with Crippen molar-refractivity contribution in [3.05, 3.63) is 23.8 Å². The topological polar surface area (TPSA) is 30.5 Å². The summed E-state index contributed by atoms with van der Waals surface area (Å²) in [6.07, 6.45) is 7.71. The van der Waals surface area contributed by atoms with Crippen LogP contribution in [0.15, 0.2) is 18.2 Å². The van der Waals surface area contributed by atoms with E-state index in [2.05, 4.69) is 23.7 Å². The van der Waals surface area contributed by atoms with E-state index in [1.54, 1.807) is 0 Å². The summed E-state index contributed by atoms with van der Waals surface area (Å²) in [5.41, 5.74) is 1.27. The second-order valence-electron chi connectivity index (χ2n) is 5.68. The monoisotopic (exact) mass is 293 g/mol. The third-order valence-corrected chi connectivity index (χ3v) is 5.75. The van der Waals surface area contributed by atoms with Gasteiger partial charge in [-0.3, -0.25) is 0 Å². The van der Waals surface area contributed by atoms with Crippen LogP contribution in [0, 0.1) is 0 Å². The van der Waals surface area contributed by atoms with Crippen LogP contribution < -0.4 is 14.8 Å². The van der Waals surface area contributed by atoms with Crippen molar-refractivity contribution >= 4 is 11.8 Å². The Bertz CT molecular complexity index is 458. The van der Waals surface area contributed by atoms with E-state index in [9.17, 15) is 0 Å². The van der Waals surface area contributed by atoms with Gasteiger partial charge in [-0.05, 0) is 36.8 Å². The lowest BCUT2D eigenvalue weighted by molar-refractivity contribution is 0.171. The summed E-state index contributed by atoms with van der Waals surface area (Å²) < 4.78 is 11.6. The number of hydrogen-bond acceptors (Lipinski definition) is 4. The largest absolute Gasteiger partial charge is 0.486 e. The maximum Gasteiger partial charge on any atom is 0.161 e. The molecule has 110 valence electrons. The van der Waals surface area contributed by atoms with Gasteiger partial charge in [0.2, 0.25) is 0 Å². The van der Waals surface area contributed by atoms with Crippen molar-refractivity contribution in [2.75, 3.05) is 26.0 Å². The quantitative estimate of drug-likeness (QED) is 0.903. The Hall–Kier alpha value is -0.870. The van der Waals surface area contributed by atoms with E-state index >= 15 is 0 Å². The average Bonchev–Trinajstić information content (AvgIpc) is 2.96. The number of ether oxygens (including phenoxy) is 2. The lowest BCUT2D eigenvalue weighted by Gasteiger charge is -2.27. The number of thioether (sulfide) groups is 1. The molecular formula is C16H23NO2S. The fourth-order valence-corrected chi connectivity index (χ4v) is 4.05.